The van der Waals surface area contributed by atoms with E-state index in [0.29, 0.717) is 17.1 Å². The molecule has 8 heteroatoms. The molecule has 1 amide bonds. The molecule has 0 heterocycles. The van der Waals surface area contributed by atoms with Gasteiger partial charge in [-0.3, -0.25) is 0 Å². The molecule has 0 saturated carbocycles. The van der Waals surface area contributed by atoms with Crippen molar-refractivity contribution in [1.29, 1.82) is 0 Å². The minimum atomic E-state index is -0.633. The standard InChI is InChI=1S/C23H27NO7/c1-17(2)22(26)30-13-11-24-23(27)31-16-15-29-21-10-6-4-8-19(21)18-7-3-5-9-20(18)28-14-12-25/h3-10,25H,1,11-16H2,2H3,(H,24,27). The van der Waals surface area contributed by atoms with E-state index in [1.54, 1.807) is 6.92 Å². The number of aliphatic hydroxyl groups excluding tert-OH is 1. The first-order valence-corrected chi connectivity index (χ1v) is 9.81. The summed E-state index contributed by atoms with van der Waals surface area (Å²) in [6.45, 7) is 5.47. The molecule has 0 radical (unpaired) electrons. The van der Waals surface area contributed by atoms with Crippen molar-refractivity contribution in [3.63, 3.8) is 0 Å². The number of para-hydroxylation sites is 2. The molecule has 0 bridgehead atoms. The molecule has 0 atom stereocenters. The number of amides is 1. The molecular weight excluding hydrogens is 402 g/mol. The lowest BCUT2D eigenvalue weighted by atomic mass is 10.0. The van der Waals surface area contributed by atoms with Crippen LogP contribution in [-0.4, -0.2) is 56.7 Å². The van der Waals surface area contributed by atoms with E-state index < -0.39 is 12.1 Å². The summed E-state index contributed by atoms with van der Waals surface area (Å²) in [5.74, 6) is 0.736. The van der Waals surface area contributed by atoms with Crippen LogP contribution in [0.25, 0.3) is 11.1 Å². The Balaban J connectivity index is 1.82. The van der Waals surface area contributed by atoms with Crippen molar-refractivity contribution in [1.82, 2.24) is 5.32 Å². The monoisotopic (exact) mass is 429 g/mol. The summed E-state index contributed by atoms with van der Waals surface area (Å²) in [5.41, 5.74) is 1.94. The quantitative estimate of drug-likeness (QED) is 0.304. The van der Waals surface area contributed by atoms with Gasteiger partial charge in [-0.1, -0.05) is 43.0 Å². The van der Waals surface area contributed by atoms with E-state index in [1.165, 1.54) is 0 Å². The largest absolute Gasteiger partial charge is 0.491 e. The second kappa shape index (κ2) is 12.9. The second-order valence-corrected chi connectivity index (χ2v) is 6.39. The van der Waals surface area contributed by atoms with Crippen LogP contribution in [0.5, 0.6) is 11.5 Å². The maximum atomic E-state index is 11.7. The lowest BCUT2D eigenvalue weighted by molar-refractivity contribution is -0.138. The summed E-state index contributed by atoms with van der Waals surface area (Å²) in [5, 5.41) is 11.5. The van der Waals surface area contributed by atoms with E-state index in [4.69, 9.17) is 24.1 Å². The maximum Gasteiger partial charge on any atom is 0.407 e. The molecular formula is C23H27NO7. The SMILES string of the molecule is C=C(C)C(=O)OCCNC(=O)OCCOc1ccccc1-c1ccccc1OCCO. The topological polar surface area (TPSA) is 103 Å². The third-order valence-corrected chi connectivity index (χ3v) is 3.94. The van der Waals surface area contributed by atoms with Gasteiger partial charge < -0.3 is 29.4 Å². The summed E-state index contributed by atoms with van der Waals surface area (Å²) < 4.78 is 21.3. The number of rotatable bonds is 12. The van der Waals surface area contributed by atoms with Crippen molar-refractivity contribution in [2.75, 3.05) is 39.6 Å². The van der Waals surface area contributed by atoms with Crippen LogP contribution in [-0.2, 0) is 14.3 Å². The predicted octanol–water partition coefficient (Wildman–Crippen LogP) is 2.95. The number of hydrogen-bond acceptors (Lipinski definition) is 7. The first kappa shape index (κ1) is 23.8. The first-order chi connectivity index (χ1) is 15.0. The van der Waals surface area contributed by atoms with E-state index >= 15 is 0 Å². The van der Waals surface area contributed by atoms with Crippen molar-refractivity contribution in [3.8, 4) is 22.6 Å². The Labute approximate surface area is 181 Å². The summed E-state index contributed by atoms with van der Waals surface area (Å²) in [4.78, 5) is 22.9. The number of carbonyl (C=O) groups excluding carboxylic acids is 2. The maximum absolute atomic E-state index is 11.7. The highest BCUT2D eigenvalue weighted by Crippen LogP contribution is 2.36. The molecule has 0 aliphatic rings. The zero-order chi connectivity index (χ0) is 22.5. The Morgan fingerprint density at radius 3 is 2.03 bits per heavy atom. The third-order valence-electron chi connectivity index (χ3n) is 3.94. The zero-order valence-corrected chi connectivity index (χ0v) is 17.5. The average Bonchev–Trinajstić information content (AvgIpc) is 2.78. The van der Waals surface area contributed by atoms with Crippen LogP contribution in [0.1, 0.15) is 6.92 Å². The molecule has 2 aromatic rings. The van der Waals surface area contributed by atoms with Gasteiger partial charge in [0.2, 0.25) is 0 Å². The molecule has 0 fully saturated rings. The second-order valence-electron chi connectivity index (χ2n) is 6.39. The van der Waals surface area contributed by atoms with Gasteiger partial charge in [-0.05, 0) is 19.1 Å². The third kappa shape index (κ3) is 8.02. The van der Waals surface area contributed by atoms with Crippen molar-refractivity contribution in [2.24, 2.45) is 0 Å². The Hall–Kier alpha value is -3.52. The highest BCUT2D eigenvalue weighted by Gasteiger charge is 2.11. The van der Waals surface area contributed by atoms with Gasteiger partial charge in [0.05, 0.1) is 13.2 Å². The molecule has 0 unspecified atom stereocenters. The average molecular weight is 429 g/mol. The number of esters is 1. The van der Waals surface area contributed by atoms with Crippen molar-refractivity contribution >= 4 is 12.1 Å². The normalized spacial score (nSPS) is 10.1. The van der Waals surface area contributed by atoms with Crippen LogP contribution in [0.15, 0.2) is 60.7 Å². The van der Waals surface area contributed by atoms with Gasteiger partial charge in [0.15, 0.2) is 0 Å². The molecule has 31 heavy (non-hydrogen) atoms. The van der Waals surface area contributed by atoms with Gasteiger partial charge in [-0.2, -0.15) is 0 Å². The Morgan fingerprint density at radius 2 is 1.45 bits per heavy atom. The summed E-state index contributed by atoms with van der Waals surface area (Å²) >= 11 is 0. The van der Waals surface area contributed by atoms with E-state index in [-0.39, 0.29) is 39.6 Å². The number of nitrogens with one attached hydrogen (secondary N) is 1. The molecule has 0 aliphatic heterocycles. The van der Waals surface area contributed by atoms with Crippen molar-refractivity contribution in [2.45, 2.75) is 6.92 Å². The number of ether oxygens (including phenoxy) is 4. The van der Waals surface area contributed by atoms with E-state index in [0.717, 1.165) is 11.1 Å². The number of alkyl carbamates (subject to hydrolysis) is 1. The van der Waals surface area contributed by atoms with Crippen molar-refractivity contribution < 1.29 is 33.6 Å². The highest BCUT2D eigenvalue weighted by molar-refractivity contribution is 5.86. The van der Waals surface area contributed by atoms with Gasteiger partial charge >= 0.3 is 12.1 Å². The number of carbonyl (C=O) groups is 2. The number of benzene rings is 2. The molecule has 2 rings (SSSR count). The fourth-order valence-corrected chi connectivity index (χ4v) is 2.54. The van der Waals surface area contributed by atoms with Gasteiger partial charge in [-0.25, -0.2) is 9.59 Å². The predicted molar refractivity (Wildman–Crippen MR) is 115 cm³/mol. The van der Waals surface area contributed by atoms with Crippen LogP contribution < -0.4 is 14.8 Å². The minimum Gasteiger partial charge on any atom is -0.491 e. The molecule has 0 spiro atoms. The first-order valence-electron chi connectivity index (χ1n) is 9.81. The van der Waals surface area contributed by atoms with Gasteiger partial charge in [0, 0.05) is 16.7 Å². The molecule has 166 valence electrons. The molecule has 2 N–H and O–H groups in total. The number of aliphatic hydroxyl groups is 1. The van der Waals surface area contributed by atoms with E-state index in [1.807, 2.05) is 48.5 Å². The Bertz CT molecular complexity index is 882. The van der Waals surface area contributed by atoms with E-state index in [9.17, 15) is 9.59 Å². The van der Waals surface area contributed by atoms with Gasteiger partial charge in [0.1, 0.15) is 37.9 Å². The molecule has 0 aromatic heterocycles. The fourth-order valence-electron chi connectivity index (χ4n) is 2.54. The lowest BCUT2D eigenvalue weighted by Gasteiger charge is -2.15. The Morgan fingerprint density at radius 1 is 0.871 bits per heavy atom. The van der Waals surface area contributed by atoms with Crippen molar-refractivity contribution in [3.05, 3.63) is 60.7 Å². The summed E-state index contributed by atoms with van der Waals surface area (Å²) in [6, 6.07) is 14.9. The summed E-state index contributed by atoms with van der Waals surface area (Å²) in [6.07, 6.45) is -0.633. The number of hydrogen-bond donors (Lipinski definition) is 2. The molecule has 2 aromatic carbocycles. The minimum absolute atomic E-state index is 0.0302. The Kier molecular flexibility index (Phi) is 9.90. The molecule has 0 saturated heterocycles. The molecule has 8 nitrogen and oxygen atoms in total. The van der Waals surface area contributed by atoms with Crippen LogP contribution >= 0.6 is 0 Å². The highest BCUT2D eigenvalue weighted by atomic mass is 16.6. The van der Waals surface area contributed by atoms with Gasteiger partial charge in [0.25, 0.3) is 0 Å². The summed E-state index contributed by atoms with van der Waals surface area (Å²) in [7, 11) is 0. The van der Waals surface area contributed by atoms with Crippen LogP contribution in [0.4, 0.5) is 4.79 Å². The van der Waals surface area contributed by atoms with Gasteiger partial charge in [-0.15, -0.1) is 0 Å². The molecule has 0 aliphatic carbocycles. The lowest BCUT2D eigenvalue weighted by Crippen LogP contribution is -2.29. The van der Waals surface area contributed by atoms with Crippen LogP contribution in [0.3, 0.4) is 0 Å². The zero-order valence-electron chi connectivity index (χ0n) is 17.5. The smallest absolute Gasteiger partial charge is 0.407 e. The fraction of sp³-hybridized carbons (Fsp3) is 0.304. The van der Waals surface area contributed by atoms with Crippen LogP contribution in [0.2, 0.25) is 0 Å². The van der Waals surface area contributed by atoms with Crippen LogP contribution in [0, 0.1) is 0 Å². The van der Waals surface area contributed by atoms with E-state index in [2.05, 4.69) is 11.9 Å².